The lowest BCUT2D eigenvalue weighted by Crippen LogP contribution is -2.14. The van der Waals surface area contributed by atoms with Crippen LogP contribution in [0.4, 0.5) is 8.78 Å². The largest absolute Gasteiger partial charge is 0.491 e. The zero-order valence-corrected chi connectivity index (χ0v) is 12.7. The van der Waals surface area contributed by atoms with Gasteiger partial charge in [0, 0.05) is 0 Å². The molecule has 0 radical (unpaired) electrons. The Morgan fingerprint density at radius 3 is 2.05 bits per heavy atom. The van der Waals surface area contributed by atoms with Crippen molar-refractivity contribution >= 4 is 0 Å². The summed E-state index contributed by atoms with van der Waals surface area (Å²) in [6, 6.07) is 9.22. The molecule has 0 heterocycles. The van der Waals surface area contributed by atoms with Crippen molar-refractivity contribution in [2.24, 2.45) is 0 Å². The van der Waals surface area contributed by atoms with Crippen molar-refractivity contribution in [3.05, 3.63) is 59.2 Å². The highest BCUT2D eigenvalue weighted by Crippen LogP contribution is 2.25. The molecule has 0 amide bonds. The van der Waals surface area contributed by atoms with Crippen LogP contribution in [0.5, 0.6) is 11.5 Å². The standard InChI is InChI=1S/C17H18F2O3/c1-17(2,20)12-4-6-13(7-5-12)22-10-11-8-14(18)16(21-3)15(19)9-11/h4-9,20H,10H2,1-3H3. The summed E-state index contributed by atoms with van der Waals surface area (Å²) < 4.78 is 37.3. The first kappa shape index (κ1) is 16.2. The van der Waals surface area contributed by atoms with Gasteiger partial charge in [0.1, 0.15) is 12.4 Å². The van der Waals surface area contributed by atoms with Gasteiger partial charge in [0.25, 0.3) is 0 Å². The minimum atomic E-state index is -0.930. The number of aliphatic hydroxyl groups is 1. The van der Waals surface area contributed by atoms with Crippen LogP contribution in [0.25, 0.3) is 0 Å². The maximum atomic E-state index is 13.6. The molecule has 0 aliphatic carbocycles. The number of halogens is 2. The maximum Gasteiger partial charge on any atom is 0.190 e. The van der Waals surface area contributed by atoms with Crippen LogP contribution >= 0.6 is 0 Å². The fraction of sp³-hybridized carbons (Fsp3) is 0.294. The summed E-state index contributed by atoms with van der Waals surface area (Å²) in [5.41, 5.74) is 0.185. The molecule has 2 rings (SSSR count). The zero-order chi connectivity index (χ0) is 16.3. The Hall–Kier alpha value is -2.14. The molecule has 0 saturated heterocycles. The Morgan fingerprint density at radius 1 is 1.05 bits per heavy atom. The summed E-state index contributed by atoms with van der Waals surface area (Å²) in [6.45, 7) is 3.40. The van der Waals surface area contributed by atoms with Crippen LogP contribution < -0.4 is 9.47 Å². The monoisotopic (exact) mass is 308 g/mol. The average Bonchev–Trinajstić information content (AvgIpc) is 2.44. The first-order valence-electron chi connectivity index (χ1n) is 6.79. The van der Waals surface area contributed by atoms with E-state index in [0.717, 1.165) is 5.56 Å². The third kappa shape index (κ3) is 3.74. The van der Waals surface area contributed by atoms with E-state index in [1.807, 2.05) is 0 Å². The Bertz CT molecular complexity index is 623. The number of hydrogen-bond acceptors (Lipinski definition) is 3. The van der Waals surface area contributed by atoms with Gasteiger partial charge in [0.2, 0.25) is 0 Å². The van der Waals surface area contributed by atoms with E-state index in [2.05, 4.69) is 4.74 Å². The molecular formula is C17H18F2O3. The topological polar surface area (TPSA) is 38.7 Å². The number of hydrogen-bond donors (Lipinski definition) is 1. The van der Waals surface area contributed by atoms with Crippen LogP contribution in [-0.2, 0) is 12.2 Å². The highest BCUT2D eigenvalue weighted by molar-refractivity contribution is 5.33. The SMILES string of the molecule is COc1c(F)cc(COc2ccc(C(C)(C)O)cc2)cc1F. The van der Waals surface area contributed by atoms with E-state index in [0.29, 0.717) is 11.3 Å². The van der Waals surface area contributed by atoms with Crippen molar-refractivity contribution in [1.29, 1.82) is 0 Å². The molecule has 0 aliphatic heterocycles. The van der Waals surface area contributed by atoms with Crippen LogP contribution in [0, 0.1) is 11.6 Å². The van der Waals surface area contributed by atoms with E-state index in [-0.39, 0.29) is 6.61 Å². The van der Waals surface area contributed by atoms with Gasteiger partial charge in [-0.25, -0.2) is 8.78 Å². The van der Waals surface area contributed by atoms with Crippen molar-refractivity contribution in [3.8, 4) is 11.5 Å². The second-order valence-corrected chi connectivity index (χ2v) is 5.46. The van der Waals surface area contributed by atoms with E-state index in [4.69, 9.17) is 4.74 Å². The first-order chi connectivity index (χ1) is 10.3. The predicted molar refractivity (Wildman–Crippen MR) is 78.9 cm³/mol. The highest BCUT2D eigenvalue weighted by atomic mass is 19.1. The second-order valence-electron chi connectivity index (χ2n) is 5.46. The molecule has 3 nitrogen and oxygen atoms in total. The summed E-state index contributed by atoms with van der Waals surface area (Å²) in [4.78, 5) is 0. The molecule has 0 spiro atoms. The van der Waals surface area contributed by atoms with Crippen molar-refractivity contribution in [3.63, 3.8) is 0 Å². The van der Waals surface area contributed by atoms with Gasteiger partial charge in [0.15, 0.2) is 17.4 Å². The molecule has 2 aromatic rings. The van der Waals surface area contributed by atoms with Gasteiger partial charge in [-0.1, -0.05) is 12.1 Å². The lowest BCUT2D eigenvalue weighted by atomic mass is 9.99. The van der Waals surface area contributed by atoms with E-state index >= 15 is 0 Å². The molecule has 0 bridgehead atoms. The average molecular weight is 308 g/mol. The van der Waals surface area contributed by atoms with E-state index < -0.39 is 23.0 Å². The minimum Gasteiger partial charge on any atom is -0.491 e. The third-order valence-electron chi connectivity index (χ3n) is 3.23. The third-order valence-corrected chi connectivity index (χ3v) is 3.23. The molecular weight excluding hydrogens is 290 g/mol. The van der Waals surface area contributed by atoms with Gasteiger partial charge in [-0.15, -0.1) is 0 Å². The quantitative estimate of drug-likeness (QED) is 0.913. The Balaban J connectivity index is 2.07. The van der Waals surface area contributed by atoms with Crippen molar-refractivity contribution in [2.45, 2.75) is 26.1 Å². The fourth-order valence-corrected chi connectivity index (χ4v) is 2.02. The lowest BCUT2D eigenvalue weighted by molar-refractivity contribution is 0.0785. The molecule has 0 saturated carbocycles. The van der Waals surface area contributed by atoms with Crippen LogP contribution in [0.3, 0.4) is 0 Å². The molecule has 2 aromatic carbocycles. The molecule has 0 aliphatic rings. The zero-order valence-electron chi connectivity index (χ0n) is 12.7. The second kappa shape index (κ2) is 6.32. The Kier molecular flexibility index (Phi) is 4.66. The van der Waals surface area contributed by atoms with E-state index in [1.54, 1.807) is 38.1 Å². The summed E-state index contributed by atoms with van der Waals surface area (Å²) in [6.07, 6.45) is 0. The van der Waals surface area contributed by atoms with Crippen molar-refractivity contribution in [1.82, 2.24) is 0 Å². The fourth-order valence-electron chi connectivity index (χ4n) is 2.02. The van der Waals surface area contributed by atoms with Gasteiger partial charge in [-0.2, -0.15) is 0 Å². The molecule has 1 N–H and O–H groups in total. The van der Waals surface area contributed by atoms with Crippen LogP contribution in [-0.4, -0.2) is 12.2 Å². The molecule has 0 unspecified atom stereocenters. The molecule has 118 valence electrons. The first-order valence-corrected chi connectivity index (χ1v) is 6.79. The van der Waals surface area contributed by atoms with Gasteiger partial charge in [-0.05, 0) is 49.2 Å². The molecule has 0 atom stereocenters. The van der Waals surface area contributed by atoms with Gasteiger partial charge < -0.3 is 14.6 Å². The van der Waals surface area contributed by atoms with Crippen molar-refractivity contribution < 1.29 is 23.4 Å². The summed E-state index contributed by atoms with van der Waals surface area (Å²) in [7, 11) is 1.21. The van der Waals surface area contributed by atoms with Crippen LogP contribution in [0.2, 0.25) is 0 Å². The number of benzene rings is 2. The van der Waals surface area contributed by atoms with E-state index in [1.165, 1.54) is 19.2 Å². The van der Waals surface area contributed by atoms with Crippen LogP contribution in [0.1, 0.15) is 25.0 Å². The molecule has 22 heavy (non-hydrogen) atoms. The smallest absolute Gasteiger partial charge is 0.190 e. The normalized spacial score (nSPS) is 11.4. The predicted octanol–water partition coefficient (Wildman–Crippen LogP) is 3.78. The summed E-state index contributed by atoms with van der Waals surface area (Å²) >= 11 is 0. The Morgan fingerprint density at radius 2 is 1.59 bits per heavy atom. The van der Waals surface area contributed by atoms with Gasteiger partial charge in [-0.3, -0.25) is 0 Å². The van der Waals surface area contributed by atoms with E-state index in [9.17, 15) is 13.9 Å². The van der Waals surface area contributed by atoms with Gasteiger partial charge in [0.05, 0.1) is 12.7 Å². The van der Waals surface area contributed by atoms with Crippen LogP contribution in [0.15, 0.2) is 36.4 Å². The minimum absolute atomic E-state index is 0.0275. The molecule has 5 heteroatoms. The summed E-state index contributed by atoms with van der Waals surface area (Å²) in [5.74, 6) is -1.39. The number of rotatable bonds is 5. The van der Waals surface area contributed by atoms with Crippen molar-refractivity contribution in [2.75, 3.05) is 7.11 Å². The molecule has 0 fully saturated rings. The summed E-state index contributed by atoms with van der Waals surface area (Å²) in [5, 5.41) is 9.86. The molecule has 0 aromatic heterocycles. The highest BCUT2D eigenvalue weighted by Gasteiger charge is 2.15. The number of methoxy groups -OCH3 is 1. The van der Waals surface area contributed by atoms with Gasteiger partial charge >= 0.3 is 0 Å². The number of ether oxygens (including phenoxy) is 2. The Labute approximate surface area is 128 Å². The lowest BCUT2D eigenvalue weighted by Gasteiger charge is -2.18. The maximum absolute atomic E-state index is 13.6.